The lowest BCUT2D eigenvalue weighted by Gasteiger charge is -2.23. The number of esters is 1. The Morgan fingerprint density at radius 2 is 1.72 bits per heavy atom. The Labute approximate surface area is 192 Å². The van der Waals surface area contributed by atoms with Gasteiger partial charge >= 0.3 is 5.97 Å². The fourth-order valence-electron chi connectivity index (χ4n) is 5.32. The molecule has 3 rings (SSSR count). The van der Waals surface area contributed by atoms with Crippen LogP contribution in [0.4, 0.5) is 0 Å². The van der Waals surface area contributed by atoms with Crippen molar-refractivity contribution in [2.24, 2.45) is 23.7 Å². The van der Waals surface area contributed by atoms with Gasteiger partial charge in [0.05, 0.1) is 12.0 Å². The van der Waals surface area contributed by atoms with Crippen LogP contribution in [0, 0.1) is 44.4 Å². The first-order chi connectivity index (χ1) is 15.0. The summed E-state index contributed by atoms with van der Waals surface area (Å²) in [7, 11) is 0. The lowest BCUT2D eigenvalue weighted by atomic mass is 9.86. The Kier molecular flexibility index (Phi) is 7.49. The molecule has 3 atom stereocenters. The average Bonchev–Trinajstić information content (AvgIpc) is 3.27. The van der Waals surface area contributed by atoms with Crippen molar-refractivity contribution in [3.63, 3.8) is 0 Å². The number of likely N-dealkylation sites (tertiary alicyclic amines) is 1. The summed E-state index contributed by atoms with van der Waals surface area (Å²) in [5.74, 6) is 0.680. The Morgan fingerprint density at radius 3 is 2.28 bits per heavy atom. The first-order valence-electron chi connectivity index (χ1n) is 12.0. The molecule has 32 heavy (non-hydrogen) atoms. The van der Waals surface area contributed by atoms with Gasteiger partial charge in [0.25, 0.3) is 0 Å². The Morgan fingerprint density at radius 1 is 1.09 bits per heavy atom. The highest BCUT2D eigenvalue weighted by atomic mass is 16.5. The van der Waals surface area contributed by atoms with Crippen LogP contribution in [0.15, 0.2) is 17.9 Å². The van der Waals surface area contributed by atoms with Crippen molar-refractivity contribution in [2.45, 2.75) is 73.8 Å². The highest BCUT2D eigenvalue weighted by molar-refractivity contribution is 5.81. The molecule has 2 aliphatic rings. The maximum atomic E-state index is 12.5. The summed E-state index contributed by atoms with van der Waals surface area (Å²) in [5, 5.41) is 11.4. The summed E-state index contributed by atoms with van der Waals surface area (Å²) in [6.07, 6.45) is 1.65. The molecule has 5 nitrogen and oxygen atoms in total. The number of rotatable bonds is 6. The number of aliphatic hydroxyl groups is 1. The van der Waals surface area contributed by atoms with E-state index in [2.05, 4.69) is 32.9 Å². The van der Waals surface area contributed by atoms with E-state index >= 15 is 0 Å². The van der Waals surface area contributed by atoms with E-state index in [0.717, 1.165) is 48.2 Å². The maximum absolute atomic E-state index is 12.5. The topological polar surface area (TPSA) is 66.8 Å². The van der Waals surface area contributed by atoms with Gasteiger partial charge in [0.1, 0.15) is 5.76 Å². The van der Waals surface area contributed by atoms with E-state index in [1.807, 2.05) is 32.6 Å². The van der Waals surface area contributed by atoms with E-state index in [4.69, 9.17) is 4.74 Å². The molecule has 3 unspecified atom stereocenters. The van der Waals surface area contributed by atoms with Crippen molar-refractivity contribution in [1.82, 2.24) is 4.90 Å². The minimum absolute atomic E-state index is 0.00799. The molecular weight excluding hydrogens is 402 g/mol. The number of aryl methyl sites for hydroxylation is 3. The number of allylic oxidation sites excluding steroid dienone is 1. The zero-order valence-corrected chi connectivity index (χ0v) is 20.7. The molecule has 1 aliphatic heterocycles. The molecular formula is C27H39NO4. The monoisotopic (exact) mass is 441 g/mol. The third kappa shape index (κ3) is 5.09. The van der Waals surface area contributed by atoms with Gasteiger partial charge in [0, 0.05) is 31.0 Å². The molecule has 5 heteroatoms. The van der Waals surface area contributed by atoms with E-state index in [1.165, 1.54) is 5.56 Å². The summed E-state index contributed by atoms with van der Waals surface area (Å²) in [6, 6.07) is 4.23. The van der Waals surface area contributed by atoms with Crippen molar-refractivity contribution in [3.05, 3.63) is 40.1 Å². The molecule has 1 amide bonds. The number of benzene rings is 1. The van der Waals surface area contributed by atoms with E-state index < -0.39 is 6.10 Å². The Bertz CT molecular complexity index is 891. The van der Waals surface area contributed by atoms with Gasteiger partial charge in [-0.05, 0) is 62.1 Å². The number of amides is 1. The molecule has 1 aromatic rings. The van der Waals surface area contributed by atoms with Crippen LogP contribution in [0.25, 0.3) is 5.57 Å². The van der Waals surface area contributed by atoms with Crippen molar-refractivity contribution in [3.8, 4) is 0 Å². The fraction of sp³-hybridized carbons (Fsp3) is 0.630. The largest absolute Gasteiger partial charge is 0.430 e. The van der Waals surface area contributed by atoms with Crippen LogP contribution in [0.1, 0.15) is 69.2 Å². The zero-order valence-electron chi connectivity index (χ0n) is 20.7. The molecule has 0 aromatic heterocycles. The summed E-state index contributed by atoms with van der Waals surface area (Å²) in [5.41, 5.74) is 5.12. The first kappa shape index (κ1) is 24.5. The molecule has 1 heterocycles. The van der Waals surface area contributed by atoms with Gasteiger partial charge < -0.3 is 14.7 Å². The normalized spacial score (nSPS) is 23.6. The number of ether oxygens (including phenoxy) is 1. The molecule has 1 fully saturated rings. The molecule has 0 saturated carbocycles. The minimum atomic E-state index is -0.681. The Hall–Kier alpha value is -2.14. The van der Waals surface area contributed by atoms with Crippen LogP contribution in [0.5, 0.6) is 0 Å². The average molecular weight is 442 g/mol. The predicted octanol–water partition coefficient (Wildman–Crippen LogP) is 4.80. The second kappa shape index (κ2) is 9.78. The third-order valence-electron chi connectivity index (χ3n) is 6.86. The fourth-order valence-corrected chi connectivity index (χ4v) is 5.32. The summed E-state index contributed by atoms with van der Waals surface area (Å²) >= 11 is 0. The van der Waals surface area contributed by atoms with Gasteiger partial charge in [-0.1, -0.05) is 45.4 Å². The first-order valence-corrected chi connectivity index (χ1v) is 12.0. The van der Waals surface area contributed by atoms with Crippen LogP contribution < -0.4 is 0 Å². The van der Waals surface area contributed by atoms with Gasteiger partial charge in [-0.15, -0.1) is 0 Å². The number of nitrogens with zero attached hydrogens (tertiary/aromatic N) is 1. The Balaban J connectivity index is 1.85. The third-order valence-corrected chi connectivity index (χ3v) is 6.86. The molecule has 1 N–H and O–H groups in total. The number of carbonyl (C=O) groups is 2. The number of carbonyl (C=O) groups excluding carboxylic acids is 2. The second-order valence-corrected chi connectivity index (χ2v) is 10.4. The molecule has 1 saturated heterocycles. The van der Waals surface area contributed by atoms with Crippen molar-refractivity contribution < 1.29 is 19.4 Å². The number of hydrogen-bond donors (Lipinski definition) is 1. The van der Waals surface area contributed by atoms with Gasteiger partial charge in [0.15, 0.2) is 0 Å². The van der Waals surface area contributed by atoms with Crippen molar-refractivity contribution >= 4 is 17.4 Å². The van der Waals surface area contributed by atoms with E-state index in [-0.39, 0.29) is 29.6 Å². The lowest BCUT2D eigenvalue weighted by Crippen LogP contribution is -2.32. The van der Waals surface area contributed by atoms with Gasteiger partial charge in [-0.3, -0.25) is 9.59 Å². The molecule has 0 bridgehead atoms. The standard InChI is InChI=1S/C27H39NO4/c1-15(2)26(30)28-9-8-20(14-28)12-21-13-22(32-27(31)16(3)4)24(25(21)29)23-18(6)10-17(5)11-19(23)7/h10-11,15-16,20-21,25,29H,8-9,12-14H2,1-7H3. The van der Waals surface area contributed by atoms with Gasteiger partial charge in [0.2, 0.25) is 5.91 Å². The quantitative estimate of drug-likeness (QED) is 0.644. The van der Waals surface area contributed by atoms with Gasteiger partial charge in [-0.25, -0.2) is 0 Å². The zero-order chi connectivity index (χ0) is 23.7. The van der Waals surface area contributed by atoms with Gasteiger partial charge in [-0.2, -0.15) is 0 Å². The second-order valence-electron chi connectivity index (χ2n) is 10.4. The summed E-state index contributed by atoms with van der Waals surface area (Å²) in [6.45, 7) is 15.2. The van der Waals surface area contributed by atoms with Crippen LogP contribution in [-0.2, 0) is 14.3 Å². The lowest BCUT2D eigenvalue weighted by molar-refractivity contribution is -0.143. The maximum Gasteiger partial charge on any atom is 0.313 e. The van der Waals surface area contributed by atoms with E-state index in [1.54, 1.807) is 0 Å². The molecule has 176 valence electrons. The van der Waals surface area contributed by atoms with E-state index in [9.17, 15) is 14.7 Å². The molecule has 0 radical (unpaired) electrons. The van der Waals surface area contributed by atoms with Crippen molar-refractivity contribution in [1.29, 1.82) is 0 Å². The summed E-state index contributed by atoms with van der Waals surface area (Å²) < 4.78 is 5.85. The molecule has 1 aliphatic carbocycles. The minimum Gasteiger partial charge on any atom is -0.430 e. The van der Waals surface area contributed by atoms with E-state index in [0.29, 0.717) is 18.1 Å². The van der Waals surface area contributed by atoms with Crippen LogP contribution in [0.3, 0.4) is 0 Å². The predicted molar refractivity (Wildman–Crippen MR) is 127 cm³/mol. The smallest absolute Gasteiger partial charge is 0.313 e. The van der Waals surface area contributed by atoms with Crippen LogP contribution in [-0.4, -0.2) is 41.1 Å². The van der Waals surface area contributed by atoms with Crippen molar-refractivity contribution in [2.75, 3.05) is 13.1 Å². The number of hydrogen-bond acceptors (Lipinski definition) is 4. The molecule has 0 spiro atoms. The SMILES string of the molecule is Cc1cc(C)c(C2=C(OC(=O)C(C)C)CC(CC3CCN(C(=O)C(C)C)C3)C2O)c(C)c1. The van der Waals surface area contributed by atoms with Crippen LogP contribution in [0.2, 0.25) is 0 Å². The summed E-state index contributed by atoms with van der Waals surface area (Å²) in [4.78, 5) is 26.8. The number of aliphatic hydroxyl groups excluding tert-OH is 1. The highest BCUT2D eigenvalue weighted by Crippen LogP contribution is 2.44. The highest BCUT2D eigenvalue weighted by Gasteiger charge is 2.40. The van der Waals surface area contributed by atoms with Crippen LogP contribution >= 0.6 is 0 Å². The molecule has 1 aromatic carbocycles.